The Morgan fingerprint density at radius 3 is 2.68 bits per heavy atom. The van der Waals surface area contributed by atoms with Gasteiger partial charge in [-0.05, 0) is 24.5 Å². The summed E-state index contributed by atoms with van der Waals surface area (Å²) in [6.07, 6.45) is 0. The number of aromatic hydroxyl groups is 1. The highest BCUT2D eigenvalue weighted by molar-refractivity contribution is 5.97. The number of hydrogen-bond acceptors (Lipinski definition) is 3. The molecule has 106 valence electrons. The fraction of sp³-hybridized carbons (Fsp3) is 0.533. The Hall–Kier alpha value is -1.55. The molecule has 1 aromatic rings. The molecule has 0 bridgehead atoms. The third-order valence-corrected chi connectivity index (χ3v) is 2.91. The Morgan fingerprint density at radius 2 is 2.11 bits per heavy atom. The minimum absolute atomic E-state index is 0.0682. The molecule has 1 aromatic carbocycles. The van der Waals surface area contributed by atoms with Crippen LogP contribution in [0.1, 0.15) is 29.8 Å². The summed E-state index contributed by atoms with van der Waals surface area (Å²) in [5, 5.41) is 10.00. The second-order valence-corrected chi connectivity index (χ2v) is 5.11. The van der Waals surface area contributed by atoms with Crippen molar-refractivity contribution in [3.63, 3.8) is 0 Å². The Labute approximate surface area is 115 Å². The molecule has 19 heavy (non-hydrogen) atoms. The SMILES string of the molecule is COCCN(CC(C)C)C(=O)c1cccc(C)c1O. The molecule has 0 atom stereocenters. The number of carbonyl (C=O) groups excluding carboxylic acids is 1. The number of para-hydroxylation sites is 1. The summed E-state index contributed by atoms with van der Waals surface area (Å²) in [5.41, 5.74) is 1.07. The molecule has 0 unspecified atom stereocenters. The zero-order valence-corrected chi connectivity index (χ0v) is 12.1. The van der Waals surface area contributed by atoms with Gasteiger partial charge in [0.2, 0.25) is 0 Å². The number of phenols is 1. The van der Waals surface area contributed by atoms with E-state index in [1.54, 1.807) is 37.1 Å². The fourth-order valence-electron chi connectivity index (χ4n) is 1.92. The molecule has 1 N–H and O–H groups in total. The molecule has 4 heteroatoms. The number of benzene rings is 1. The first-order chi connectivity index (χ1) is 8.97. The Morgan fingerprint density at radius 1 is 1.42 bits per heavy atom. The smallest absolute Gasteiger partial charge is 0.257 e. The van der Waals surface area contributed by atoms with Crippen molar-refractivity contribution in [3.8, 4) is 5.75 Å². The van der Waals surface area contributed by atoms with Gasteiger partial charge in [-0.3, -0.25) is 4.79 Å². The van der Waals surface area contributed by atoms with Crippen LogP contribution in [0, 0.1) is 12.8 Å². The predicted octanol–water partition coefficient (Wildman–Crippen LogP) is 2.45. The molecule has 0 saturated carbocycles. The van der Waals surface area contributed by atoms with Gasteiger partial charge >= 0.3 is 0 Å². The maximum atomic E-state index is 12.5. The van der Waals surface area contributed by atoms with E-state index in [9.17, 15) is 9.90 Å². The fourth-order valence-corrected chi connectivity index (χ4v) is 1.92. The van der Waals surface area contributed by atoms with Gasteiger partial charge in [0.1, 0.15) is 5.75 Å². The number of nitrogens with zero attached hydrogens (tertiary/aromatic N) is 1. The van der Waals surface area contributed by atoms with Gasteiger partial charge in [0, 0.05) is 20.2 Å². The number of carbonyl (C=O) groups is 1. The van der Waals surface area contributed by atoms with Crippen LogP contribution in [0.2, 0.25) is 0 Å². The summed E-state index contributed by atoms with van der Waals surface area (Å²) in [7, 11) is 1.61. The number of aryl methyl sites for hydroxylation is 1. The van der Waals surface area contributed by atoms with Gasteiger partial charge in [0.05, 0.1) is 12.2 Å². The predicted molar refractivity (Wildman–Crippen MR) is 75.5 cm³/mol. The normalized spacial score (nSPS) is 10.8. The zero-order chi connectivity index (χ0) is 14.4. The van der Waals surface area contributed by atoms with Gasteiger partial charge in [-0.2, -0.15) is 0 Å². The van der Waals surface area contributed by atoms with E-state index in [4.69, 9.17) is 4.74 Å². The molecular formula is C15H23NO3. The Bertz CT molecular complexity index is 429. The van der Waals surface area contributed by atoms with Crippen LogP contribution >= 0.6 is 0 Å². The first-order valence-electron chi connectivity index (χ1n) is 6.54. The summed E-state index contributed by atoms with van der Waals surface area (Å²) >= 11 is 0. The summed E-state index contributed by atoms with van der Waals surface area (Å²) in [4.78, 5) is 14.2. The van der Waals surface area contributed by atoms with E-state index < -0.39 is 0 Å². The average Bonchev–Trinajstić information content (AvgIpc) is 2.36. The highest BCUT2D eigenvalue weighted by Crippen LogP contribution is 2.23. The van der Waals surface area contributed by atoms with E-state index in [-0.39, 0.29) is 11.7 Å². The lowest BCUT2D eigenvalue weighted by Crippen LogP contribution is -2.36. The minimum Gasteiger partial charge on any atom is -0.507 e. The summed E-state index contributed by atoms with van der Waals surface area (Å²) < 4.78 is 5.04. The monoisotopic (exact) mass is 265 g/mol. The largest absolute Gasteiger partial charge is 0.507 e. The molecular weight excluding hydrogens is 242 g/mol. The van der Waals surface area contributed by atoms with Crippen LogP contribution in [-0.2, 0) is 4.74 Å². The van der Waals surface area contributed by atoms with Gasteiger partial charge in [-0.15, -0.1) is 0 Å². The highest BCUT2D eigenvalue weighted by atomic mass is 16.5. The molecule has 1 rings (SSSR count). The van der Waals surface area contributed by atoms with Crippen molar-refractivity contribution >= 4 is 5.91 Å². The summed E-state index contributed by atoms with van der Waals surface area (Å²) in [6.45, 7) is 7.57. The Balaban J connectivity index is 2.94. The lowest BCUT2D eigenvalue weighted by atomic mass is 10.1. The molecule has 0 aliphatic carbocycles. The number of rotatable bonds is 6. The van der Waals surface area contributed by atoms with Gasteiger partial charge in [-0.1, -0.05) is 26.0 Å². The first kappa shape index (κ1) is 15.5. The van der Waals surface area contributed by atoms with E-state index in [2.05, 4.69) is 13.8 Å². The number of phenolic OH excluding ortho intramolecular Hbond substituents is 1. The highest BCUT2D eigenvalue weighted by Gasteiger charge is 2.20. The number of methoxy groups -OCH3 is 1. The van der Waals surface area contributed by atoms with E-state index in [1.165, 1.54) is 0 Å². The maximum absolute atomic E-state index is 12.5. The number of hydrogen-bond donors (Lipinski definition) is 1. The van der Waals surface area contributed by atoms with Crippen molar-refractivity contribution in [2.45, 2.75) is 20.8 Å². The molecule has 0 saturated heterocycles. The van der Waals surface area contributed by atoms with Crippen LogP contribution in [0.4, 0.5) is 0 Å². The topological polar surface area (TPSA) is 49.8 Å². The van der Waals surface area contributed by atoms with Crippen LogP contribution in [0.5, 0.6) is 5.75 Å². The second-order valence-electron chi connectivity index (χ2n) is 5.11. The van der Waals surface area contributed by atoms with Crippen LogP contribution in [-0.4, -0.2) is 42.7 Å². The van der Waals surface area contributed by atoms with E-state index in [1.807, 2.05) is 0 Å². The number of ether oxygens (including phenoxy) is 1. The molecule has 0 fully saturated rings. The molecule has 1 amide bonds. The van der Waals surface area contributed by atoms with Gasteiger partial charge in [0.15, 0.2) is 0 Å². The van der Waals surface area contributed by atoms with E-state index >= 15 is 0 Å². The van der Waals surface area contributed by atoms with Crippen LogP contribution in [0.3, 0.4) is 0 Å². The molecule has 4 nitrogen and oxygen atoms in total. The van der Waals surface area contributed by atoms with Crippen LogP contribution < -0.4 is 0 Å². The third-order valence-electron chi connectivity index (χ3n) is 2.91. The number of amides is 1. The molecule has 0 aliphatic heterocycles. The van der Waals surface area contributed by atoms with Crippen LogP contribution in [0.25, 0.3) is 0 Å². The van der Waals surface area contributed by atoms with Crippen LogP contribution in [0.15, 0.2) is 18.2 Å². The van der Waals surface area contributed by atoms with E-state index in [0.29, 0.717) is 36.7 Å². The minimum atomic E-state index is -0.146. The summed E-state index contributed by atoms with van der Waals surface area (Å²) in [5.74, 6) is 0.290. The van der Waals surface area contributed by atoms with Crippen molar-refractivity contribution in [2.24, 2.45) is 5.92 Å². The molecule has 0 aliphatic rings. The van der Waals surface area contributed by atoms with Crippen molar-refractivity contribution in [3.05, 3.63) is 29.3 Å². The van der Waals surface area contributed by atoms with Gasteiger partial charge in [-0.25, -0.2) is 0 Å². The van der Waals surface area contributed by atoms with Crippen molar-refractivity contribution in [1.29, 1.82) is 0 Å². The lowest BCUT2D eigenvalue weighted by molar-refractivity contribution is 0.0669. The third kappa shape index (κ3) is 4.24. The molecule has 0 spiro atoms. The van der Waals surface area contributed by atoms with E-state index in [0.717, 1.165) is 0 Å². The van der Waals surface area contributed by atoms with Crippen molar-refractivity contribution < 1.29 is 14.6 Å². The standard InChI is InChI=1S/C15H23NO3/c1-11(2)10-16(8-9-19-4)15(18)13-7-5-6-12(3)14(13)17/h5-7,11,17H,8-10H2,1-4H3. The molecule has 0 aromatic heterocycles. The zero-order valence-electron chi connectivity index (χ0n) is 12.1. The van der Waals surface area contributed by atoms with Crippen molar-refractivity contribution in [2.75, 3.05) is 26.8 Å². The van der Waals surface area contributed by atoms with Crippen molar-refractivity contribution in [1.82, 2.24) is 4.90 Å². The Kier molecular flexibility index (Phi) is 5.83. The molecule has 0 radical (unpaired) electrons. The molecule has 0 heterocycles. The second kappa shape index (κ2) is 7.14. The quantitative estimate of drug-likeness (QED) is 0.859. The van der Waals surface area contributed by atoms with Gasteiger partial charge in [0.25, 0.3) is 5.91 Å². The average molecular weight is 265 g/mol. The maximum Gasteiger partial charge on any atom is 0.257 e. The summed E-state index contributed by atoms with van der Waals surface area (Å²) in [6, 6.07) is 5.23. The van der Waals surface area contributed by atoms with Gasteiger partial charge < -0.3 is 14.7 Å². The lowest BCUT2D eigenvalue weighted by Gasteiger charge is -2.25. The first-order valence-corrected chi connectivity index (χ1v) is 6.54.